The molecule has 1 atom stereocenters. The number of nitrogens with one attached hydrogen (secondary N) is 1. The van der Waals surface area contributed by atoms with E-state index >= 15 is 0 Å². The summed E-state index contributed by atoms with van der Waals surface area (Å²) in [5.74, 6) is -1.83. The van der Waals surface area contributed by atoms with Crippen LogP contribution in [0.15, 0.2) is 42.7 Å². The molecule has 9 heteroatoms. The first-order valence-electron chi connectivity index (χ1n) is 9.91. The largest absolute Gasteiger partial charge is 0.481 e. The Morgan fingerprint density at radius 1 is 1.10 bits per heavy atom. The first-order chi connectivity index (χ1) is 14.5. The van der Waals surface area contributed by atoms with Crippen molar-refractivity contribution in [2.75, 3.05) is 45.2 Å². The Morgan fingerprint density at radius 3 is 2.50 bits per heavy atom. The number of nitrogens with zero attached hydrogens (tertiary/aromatic N) is 4. The number of hydrogen-bond donors (Lipinski definition) is 2. The molecular weight excluding hydrogens is 386 g/mol. The van der Waals surface area contributed by atoms with Crippen LogP contribution < -0.4 is 10.1 Å². The lowest BCUT2D eigenvalue weighted by Crippen LogP contribution is -2.48. The van der Waals surface area contributed by atoms with Crippen molar-refractivity contribution in [2.24, 2.45) is 5.92 Å². The van der Waals surface area contributed by atoms with E-state index in [0.29, 0.717) is 18.1 Å². The average molecular weight is 413 g/mol. The van der Waals surface area contributed by atoms with Crippen molar-refractivity contribution in [3.8, 4) is 5.88 Å². The van der Waals surface area contributed by atoms with Crippen LogP contribution in [0, 0.1) is 5.92 Å². The van der Waals surface area contributed by atoms with E-state index in [9.17, 15) is 14.7 Å². The van der Waals surface area contributed by atoms with Crippen LogP contribution in [0.25, 0.3) is 0 Å². The minimum Gasteiger partial charge on any atom is -0.481 e. The van der Waals surface area contributed by atoms with Crippen molar-refractivity contribution >= 4 is 17.6 Å². The lowest BCUT2D eigenvalue weighted by molar-refractivity contribution is -0.144. The van der Waals surface area contributed by atoms with Gasteiger partial charge in [0.25, 0.3) is 0 Å². The number of aromatic nitrogens is 2. The molecule has 1 aliphatic rings. The Hall–Kier alpha value is -3.04. The summed E-state index contributed by atoms with van der Waals surface area (Å²) >= 11 is 0. The van der Waals surface area contributed by atoms with E-state index in [2.05, 4.69) is 25.1 Å². The summed E-state index contributed by atoms with van der Waals surface area (Å²) in [6.07, 6.45) is 3.23. The van der Waals surface area contributed by atoms with Gasteiger partial charge in [0, 0.05) is 58.1 Å². The Kier molecular flexibility index (Phi) is 7.69. The van der Waals surface area contributed by atoms with Crippen LogP contribution in [-0.2, 0) is 16.1 Å². The molecule has 0 bridgehead atoms. The third-order valence-electron chi connectivity index (χ3n) is 5.07. The van der Waals surface area contributed by atoms with E-state index in [1.54, 1.807) is 24.5 Å². The number of anilines is 1. The molecular formula is C21H27N5O4. The number of carbonyl (C=O) groups excluding carboxylic acids is 1. The third kappa shape index (κ3) is 6.23. The molecule has 30 heavy (non-hydrogen) atoms. The van der Waals surface area contributed by atoms with Crippen LogP contribution in [-0.4, -0.2) is 76.6 Å². The Balaban J connectivity index is 1.48. The highest BCUT2D eigenvalue weighted by molar-refractivity contribution is 5.94. The molecule has 0 radical (unpaired) electrons. The number of amides is 1. The number of carboxylic acid groups (broad SMARTS) is 1. The van der Waals surface area contributed by atoms with Gasteiger partial charge in [0.15, 0.2) is 0 Å². The van der Waals surface area contributed by atoms with Gasteiger partial charge >= 0.3 is 5.97 Å². The number of ether oxygens (including phenoxy) is 1. The molecule has 1 saturated heterocycles. The number of piperazine rings is 1. The fraction of sp³-hybridized carbons (Fsp3) is 0.429. The van der Waals surface area contributed by atoms with Crippen molar-refractivity contribution in [1.82, 2.24) is 19.8 Å². The van der Waals surface area contributed by atoms with Gasteiger partial charge in [-0.05, 0) is 24.3 Å². The summed E-state index contributed by atoms with van der Waals surface area (Å²) in [6, 6.07) is 9.22. The standard InChI is InChI=1S/C21H27N5O4/c1-30-20-18(6-4-8-23-20)24-19(27)13-16(21(28)29)14-25-9-11-26(12-10-25)15-17-5-2-3-7-22-17/h2-8,16H,9-15H2,1H3,(H,24,27)(H,28,29)/t16-/m1/s1. The van der Waals surface area contributed by atoms with Gasteiger partial charge in [0.05, 0.1) is 18.7 Å². The molecule has 2 N–H and O–H groups in total. The highest BCUT2D eigenvalue weighted by Crippen LogP contribution is 2.21. The molecule has 1 fully saturated rings. The van der Waals surface area contributed by atoms with E-state index in [4.69, 9.17) is 4.74 Å². The van der Waals surface area contributed by atoms with Crippen LogP contribution >= 0.6 is 0 Å². The summed E-state index contributed by atoms with van der Waals surface area (Å²) in [7, 11) is 1.46. The van der Waals surface area contributed by atoms with E-state index in [1.807, 2.05) is 18.2 Å². The predicted octanol–water partition coefficient (Wildman–Crippen LogP) is 1.33. The topological polar surface area (TPSA) is 108 Å². The number of methoxy groups -OCH3 is 1. The maximum absolute atomic E-state index is 12.4. The lowest BCUT2D eigenvalue weighted by Gasteiger charge is -2.35. The van der Waals surface area contributed by atoms with Gasteiger partial charge in [-0.25, -0.2) is 4.98 Å². The number of aliphatic carboxylic acids is 1. The molecule has 2 aromatic rings. The van der Waals surface area contributed by atoms with Crippen molar-refractivity contribution < 1.29 is 19.4 Å². The van der Waals surface area contributed by atoms with Gasteiger partial charge in [0.2, 0.25) is 11.8 Å². The highest BCUT2D eigenvalue weighted by Gasteiger charge is 2.27. The summed E-state index contributed by atoms with van der Waals surface area (Å²) < 4.78 is 5.11. The van der Waals surface area contributed by atoms with E-state index in [0.717, 1.165) is 38.4 Å². The monoisotopic (exact) mass is 413 g/mol. The van der Waals surface area contributed by atoms with E-state index in [1.165, 1.54) is 7.11 Å². The number of carboxylic acids is 1. The third-order valence-corrected chi connectivity index (χ3v) is 5.07. The summed E-state index contributed by atoms with van der Waals surface area (Å²) in [5.41, 5.74) is 1.45. The average Bonchev–Trinajstić information content (AvgIpc) is 2.75. The number of rotatable bonds is 9. The quantitative estimate of drug-likeness (QED) is 0.634. The van der Waals surface area contributed by atoms with Crippen molar-refractivity contribution in [3.05, 3.63) is 48.4 Å². The maximum atomic E-state index is 12.4. The summed E-state index contributed by atoms with van der Waals surface area (Å²) in [4.78, 5) is 36.9. The molecule has 160 valence electrons. The van der Waals surface area contributed by atoms with Crippen LogP contribution in [0.4, 0.5) is 5.69 Å². The minimum atomic E-state index is -0.973. The Labute approximate surface area is 175 Å². The Morgan fingerprint density at radius 2 is 1.83 bits per heavy atom. The van der Waals surface area contributed by atoms with Gasteiger partial charge in [0.1, 0.15) is 5.69 Å². The second kappa shape index (κ2) is 10.7. The fourth-order valence-electron chi connectivity index (χ4n) is 3.47. The van der Waals surface area contributed by atoms with Crippen LogP contribution in [0.5, 0.6) is 5.88 Å². The van der Waals surface area contributed by atoms with E-state index in [-0.39, 0.29) is 12.3 Å². The summed E-state index contributed by atoms with van der Waals surface area (Å²) in [6.45, 7) is 4.31. The zero-order chi connectivity index (χ0) is 21.3. The van der Waals surface area contributed by atoms with Crippen LogP contribution in [0.2, 0.25) is 0 Å². The molecule has 0 spiro atoms. The second-order valence-corrected chi connectivity index (χ2v) is 7.25. The van der Waals surface area contributed by atoms with E-state index < -0.39 is 11.9 Å². The van der Waals surface area contributed by atoms with Crippen LogP contribution in [0.1, 0.15) is 12.1 Å². The van der Waals surface area contributed by atoms with Crippen molar-refractivity contribution in [2.45, 2.75) is 13.0 Å². The molecule has 0 aromatic carbocycles. The van der Waals surface area contributed by atoms with Crippen molar-refractivity contribution in [1.29, 1.82) is 0 Å². The molecule has 0 aliphatic carbocycles. The zero-order valence-corrected chi connectivity index (χ0v) is 17.0. The smallest absolute Gasteiger partial charge is 0.308 e. The molecule has 1 amide bonds. The van der Waals surface area contributed by atoms with Gasteiger partial charge in [-0.2, -0.15) is 0 Å². The fourth-order valence-corrected chi connectivity index (χ4v) is 3.47. The van der Waals surface area contributed by atoms with Gasteiger partial charge in [-0.1, -0.05) is 6.07 Å². The maximum Gasteiger partial charge on any atom is 0.308 e. The normalized spacial score (nSPS) is 16.0. The number of pyridine rings is 2. The first-order valence-corrected chi connectivity index (χ1v) is 9.91. The number of hydrogen-bond acceptors (Lipinski definition) is 7. The zero-order valence-electron chi connectivity index (χ0n) is 17.0. The molecule has 9 nitrogen and oxygen atoms in total. The summed E-state index contributed by atoms with van der Waals surface area (Å²) in [5, 5.41) is 12.3. The van der Waals surface area contributed by atoms with Gasteiger partial charge < -0.3 is 15.2 Å². The SMILES string of the molecule is COc1ncccc1NC(=O)C[C@H](CN1CCN(Cc2ccccn2)CC1)C(=O)O. The van der Waals surface area contributed by atoms with Crippen molar-refractivity contribution in [3.63, 3.8) is 0 Å². The molecule has 2 aromatic heterocycles. The predicted molar refractivity (Wildman–Crippen MR) is 111 cm³/mol. The number of carbonyl (C=O) groups is 2. The highest BCUT2D eigenvalue weighted by atomic mass is 16.5. The molecule has 3 heterocycles. The van der Waals surface area contributed by atoms with Crippen LogP contribution in [0.3, 0.4) is 0 Å². The first kappa shape index (κ1) is 21.7. The molecule has 3 rings (SSSR count). The molecule has 1 aliphatic heterocycles. The molecule has 0 saturated carbocycles. The lowest BCUT2D eigenvalue weighted by atomic mass is 10.0. The van der Waals surface area contributed by atoms with Gasteiger partial charge in [-0.3, -0.25) is 24.4 Å². The van der Waals surface area contributed by atoms with Gasteiger partial charge in [-0.15, -0.1) is 0 Å². The minimum absolute atomic E-state index is 0.110. The Bertz CT molecular complexity index is 840. The second-order valence-electron chi connectivity index (χ2n) is 7.25. The molecule has 0 unspecified atom stereocenters.